The standard InChI is InChI=1S/C2H4Cl2.H2O/c1-2(3)4;/h2H,1H3;1H2. The average Bonchev–Trinajstić information content (AvgIpc) is 0.811. The van der Waals surface area contributed by atoms with E-state index in [1.165, 1.54) is 0 Å². The summed E-state index contributed by atoms with van der Waals surface area (Å²) >= 11 is 10.1. The Morgan fingerprint density at radius 3 is 1.40 bits per heavy atom. The van der Waals surface area contributed by atoms with Crippen LogP contribution < -0.4 is 0 Å². The molecule has 0 aromatic heterocycles. The van der Waals surface area contributed by atoms with E-state index in [1.807, 2.05) is 0 Å². The van der Waals surface area contributed by atoms with Crippen LogP contribution >= 0.6 is 23.2 Å². The predicted molar refractivity (Wildman–Crippen MR) is 24.8 cm³/mol. The van der Waals surface area contributed by atoms with E-state index in [-0.39, 0.29) is 10.3 Å². The van der Waals surface area contributed by atoms with E-state index in [0.29, 0.717) is 0 Å². The lowest BCUT2D eigenvalue weighted by molar-refractivity contribution is 0.824. The third-order valence-corrected chi connectivity index (χ3v) is 0. The Kier molecular flexibility index (Phi) is 8.27. The van der Waals surface area contributed by atoms with Crippen molar-refractivity contribution in [1.82, 2.24) is 0 Å². The van der Waals surface area contributed by atoms with Gasteiger partial charge in [-0.2, -0.15) is 0 Å². The van der Waals surface area contributed by atoms with Crippen LogP contribution in [0.1, 0.15) is 6.92 Å². The number of hydrogen-bond donors (Lipinski definition) is 0. The van der Waals surface area contributed by atoms with E-state index in [0.717, 1.165) is 0 Å². The van der Waals surface area contributed by atoms with Crippen molar-refractivity contribution in [2.75, 3.05) is 0 Å². The van der Waals surface area contributed by atoms with E-state index in [2.05, 4.69) is 0 Å². The smallest absolute Gasteiger partial charge is 0.105 e. The van der Waals surface area contributed by atoms with Gasteiger partial charge in [-0.1, -0.05) is 0 Å². The first-order valence-electron chi connectivity index (χ1n) is 1.01. The summed E-state index contributed by atoms with van der Waals surface area (Å²) in [4.78, 5) is -0.222. The summed E-state index contributed by atoms with van der Waals surface area (Å²) in [6, 6.07) is 0. The van der Waals surface area contributed by atoms with E-state index in [4.69, 9.17) is 23.2 Å². The largest absolute Gasteiger partial charge is 0.412 e. The Balaban J connectivity index is 0. The van der Waals surface area contributed by atoms with Gasteiger partial charge >= 0.3 is 0 Å². The molecule has 0 fully saturated rings. The van der Waals surface area contributed by atoms with Gasteiger partial charge in [0, 0.05) is 0 Å². The fourth-order valence-electron chi connectivity index (χ4n) is 0. The molecule has 3 heteroatoms. The van der Waals surface area contributed by atoms with E-state index in [9.17, 15) is 0 Å². The molecule has 0 saturated heterocycles. The molecule has 2 N–H and O–H groups in total. The SMILES string of the molecule is CC(Cl)Cl.O. The van der Waals surface area contributed by atoms with Gasteiger partial charge in [0.15, 0.2) is 0 Å². The topological polar surface area (TPSA) is 31.5 Å². The number of rotatable bonds is 0. The first kappa shape index (κ1) is 9.11. The molecule has 0 heterocycles. The Morgan fingerprint density at radius 1 is 1.40 bits per heavy atom. The molecule has 0 saturated carbocycles. The van der Waals surface area contributed by atoms with Gasteiger partial charge < -0.3 is 5.48 Å². The normalized spacial score (nSPS) is 7.20. The predicted octanol–water partition coefficient (Wildman–Crippen LogP) is 0.985. The van der Waals surface area contributed by atoms with Crippen molar-refractivity contribution in [3.8, 4) is 0 Å². The Morgan fingerprint density at radius 2 is 1.40 bits per heavy atom. The molecule has 0 aliphatic carbocycles. The minimum atomic E-state index is -0.222. The molecule has 0 aromatic carbocycles. The summed E-state index contributed by atoms with van der Waals surface area (Å²) in [6.07, 6.45) is 0. The van der Waals surface area contributed by atoms with Crippen LogP contribution in [0.25, 0.3) is 0 Å². The van der Waals surface area contributed by atoms with Crippen LogP contribution in [0.5, 0.6) is 0 Å². The second-order valence-electron chi connectivity index (χ2n) is 0.519. The summed E-state index contributed by atoms with van der Waals surface area (Å²) in [6.45, 7) is 1.70. The minimum Gasteiger partial charge on any atom is -0.412 e. The second kappa shape index (κ2) is 4.54. The van der Waals surface area contributed by atoms with Crippen LogP contribution in [0.15, 0.2) is 0 Å². The van der Waals surface area contributed by atoms with Gasteiger partial charge in [0.1, 0.15) is 4.84 Å². The monoisotopic (exact) mass is 116 g/mol. The van der Waals surface area contributed by atoms with Gasteiger partial charge in [-0.15, -0.1) is 23.2 Å². The summed E-state index contributed by atoms with van der Waals surface area (Å²) in [5, 5.41) is 0. The quantitative estimate of drug-likeness (QED) is 0.423. The van der Waals surface area contributed by atoms with Crippen molar-refractivity contribution in [3.63, 3.8) is 0 Å². The summed E-state index contributed by atoms with van der Waals surface area (Å²) < 4.78 is 0. The molecule has 0 amide bonds. The first-order valence-corrected chi connectivity index (χ1v) is 1.89. The van der Waals surface area contributed by atoms with Crippen molar-refractivity contribution in [2.24, 2.45) is 0 Å². The molecule has 0 aliphatic rings. The third kappa shape index (κ3) is 100. The Bertz CT molecular complexity index is 12.4. The molecular formula is C2H6Cl2O. The molecule has 0 rings (SSSR count). The summed E-state index contributed by atoms with van der Waals surface area (Å²) in [7, 11) is 0. The first-order chi connectivity index (χ1) is 1.73. The highest BCUT2D eigenvalue weighted by Gasteiger charge is 1.75. The van der Waals surface area contributed by atoms with Crippen LogP contribution in [0.4, 0.5) is 0 Å². The van der Waals surface area contributed by atoms with Gasteiger partial charge in [-0.25, -0.2) is 0 Å². The van der Waals surface area contributed by atoms with Gasteiger partial charge in [0.05, 0.1) is 0 Å². The zero-order valence-electron chi connectivity index (χ0n) is 2.83. The molecule has 0 unspecified atom stereocenters. The van der Waals surface area contributed by atoms with Crippen molar-refractivity contribution < 1.29 is 5.48 Å². The molecule has 34 valence electrons. The maximum Gasteiger partial charge on any atom is 0.105 e. The fourth-order valence-corrected chi connectivity index (χ4v) is 0. The van der Waals surface area contributed by atoms with Gasteiger partial charge in [-0.3, -0.25) is 0 Å². The van der Waals surface area contributed by atoms with Crippen LogP contribution in [0, 0.1) is 0 Å². The Labute approximate surface area is 41.2 Å². The van der Waals surface area contributed by atoms with Crippen LogP contribution in [0.2, 0.25) is 0 Å². The molecule has 0 bridgehead atoms. The van der Waals surface area contributed by atoms with Crippen molar-refractivity contribution in [3.05, 3.63) is 0 Å². The van der Waals surface area contributed by atoms with Crippen LogP contribution in [-0.4, -0.2) is 10.3 Å². The van der Waals surface area contributed by atoms with E-state index < -0.39 is 0 Å². The molecule has 0 aliphatic heterocycles. The lowest BCUT2D eigenvalue weighted by Crippen LogP contribution is -1.63. The maximum absolute atomic E-state index is 5.04. The highest BCUT2D eigenvalue weighted by molar-refractivity contribution is 6.43. The molecular weight excluding hydrogens is 111 g/mol. The van der Waals surface area contributed by atoms with Crippen molar-refractivity contribution in [2.45, 2.75) is 11.8 Å². The molecule has 5 heavy (non-hydrogen) atoms. The number of hydrogen-bond acceptors (Lipinski definition) is 0. The molecule has 0 aromatic rings. The molecule has 0 radical (unpaired) electrons. The third-order valence-electron chi connectivity index (χ3n) is 0. The van der Waals surface area contributed by atoms with Crippen molar-refractivity contribution >= 4 is 23.2 Å². The zero-order chi connectivity index (χ0) is 3.58. The molecule has 1 nitrogen and oxygen atoms in total. The van der Waals surface area contributed by atoms with E-state index >= 15 is 0 Å². The summed E-state index contributed by atoms with van der Waals surface area (Å²) in [5.41, 5.74) is 0. The molecule has 0 spiro atoms. The van der Waals surface area contributed by atoms with Crippen LogP contribution in [0.3, 0.4) is 0 Å². The van der Waals surface area contributed by atoms with E-state index in [1.54, 1.807) is 6.92 Å². The van der Waals surface area contributed by atoms with Gasteiger partial charge in [0.2, 0.25) is 0 Å². The Hall–Kier alpha value is 0.540. The summed E-state index contributed by atoms with van der Waals surface area (Å²) in [5.74, 6) is 0. The highest BCUT2D eigenvalue weighted by Crippen LogP contribution is 1.95. The zero-order valence-corrected chi connectivity index (χ0v) is 4.35. The number of alkyl halides is 2. The average molecular weight is 117 g/mol. The van der Waals surface area contributed by atoms with Crippen LogP contribution in [-0.2, 0) is 0 Å². The van der Waals surface area contributed by atoms with Gasteiger partial charge in [0.25, 0.3) is 0 Å². The molecule has 0 atom stereocenters. The van der Waals surface area contributed by atoms with Crippen molar-refractivity contribution in [1.29, 1.82) is 0 Å². The lowest BCUT2D eigenvalue weighted by Gasteiger charge is -1.72. The minimum absolute atomic E-state index is 0. The van der Waals surface area contributed by atoms with Gasteiger partial charge in [-0.05, 0) is 6.92 Å². The maximum atomic E-state index is 5.04. The lowest BCUT2D eigenvalue weighted by atomic mass is 11.0. The number of halogens is 2. The second-order valence-corrected chi connectivity index (χ2v) is 2.05. The fraction of sp³-hybridized carbons (Fsp3) is 1.00. The highest BCUT2D eigenvalue weighted by atomic mass is 35.5.